The van der Waals surface area contributed by atoms with Gasteiger partial charge in [0, 0.05) is 14.1 Å². The van der Waals surface area contributed by atoms with Crippen LogP contribution in [0.2, 0.25) is 0 Å². The minimum atomic E-state index is -0.564. The molecule has 1 amide bonds. The van der Waals surface area contributed by atoms with Crippen LogP contribution in [0.25, 0.3) is 0 Å². The number of hydrogen-bond acceptors (Lipinski definition) is 2. The van der Waals surface area contributed by atoms with Crippen LogP contribution in [0.5, 0.6) is 0 Å². The molecule has 0 fully saturated rings. The lowest BCUT2D eigenvalue weighted by atomic mass is 10.1. The van der Waals surface area contributed by atoms with Crippen molar-refractivity contribution in [3.8, 4) is 0 Å². The fourth-order valence-electron chi connectivity index (χ4n) is 1.29. The standard InChI is InChI=1S/C11H15FN2O/c1-14(2)11(15)10(13)7-8-3-5-9(12)6-4-8/h3-6,10H,7,13H2,1-2H3/t10-/m1/s1. The van der Waals surface area contributed by atoms with Crippen LogP contribution in [0.15, 0.2) is 24.3 Å². The summed E-state index contributed by atoms with van der Waals surface area (Å²) in [7, 11) is 3.32. The lowest BCUT2D eigenvalue weighted by molar-refractivity contribution is -0.130. The second-order valence-corrected chi connectivity index (χ2v) is 3.67. The third kappa shape index (κ3) is 3.32. The minimum Gasteiger partial charge on any atom is -0.347 e. The van der Waals surface area contributed by atoms with Gasteiger partial charge in [0.05, 0.1) is 6.04 Å². The zero-order chi connectivity index (χ0) is 11.4. The highest BCUT2D eigenvalue weighted by Gasteiger charge is 2.15. The van der Waals surface area contributed by atoms with Gasteiger partial charge in [0.1, 0.15) is 5.82 Å². The molecule has 1 rings (SSSR count). The van der Waals surface area contributed by atoms with Crippen LogP contribution in [-0.4, -0.2) is 30.9 Å². The van der Waals surface area contributed by atoms with Gasteiger partial charge in [0.25, 0.3) is 0 Å². The van der Waals surface area contributed by atoms with Crippen molar-refractivity contribution in [2.24, 2.45) is 5.73 Å². The summed E-state index contributed by atoms with van der Waals surface area (Å²) >= 11 is 0. The molecule has 0 heterocycles. The fraction of sp³-hybridized carbons (Fsp3) is 0.364. The summed E-state index contributed by atoms with van der Waals surface area (Å²) in [6.07, 6.45) is 0.428. The first-order valence-electron chi connectivity index (χ1n) is 4.72. The Morgan fingerprint density at radius 2 is 1.93 bits per heavy atom. The Morgan fingerprint density at radius 3 is 2.40 bits per heavy atom. The van der Waals surface area contributed by atoms with Crippen LogP contribution < -0.4 is 5.73 Å². The van der Waals surface area contributed by atoms with Gasteiger partial charge < -0.3 is 10.6 Å². The molecule has 0 bridgehead atoms. The smallest absolute Gasteiger partial charge is 0.239 e. The number of carbonyl (C=O) groups is 1. The molecule has 0 saturated heterocycles. The largest absolute Gasteiger partial charge is 0.347 e. The first-order chi connectivity index (χ1) is 7.00. The number of hydrogen-bond donors (Lipinski definition) is 1. The number of nitrogens with zero attached hydrogens (tertiary/aromatic N) is 1. The van der Waals surface area contributed by atoms with Crippen LogP contribution in [0.3, 0.4) is 0 Å². The molecule has 4 heteroatoms. The monoisotopic (exact) mass is 210 g/mol. The molecule has 2 N–H and O–H groups in total. The van der Waals surface area contributed by atoms with Crippen LogP contribution in [0, 0.1) is 5.82 Å². The zero-order valence-electron chi connectivity index (χ0n) is 8.90. The molecule has 3 nitrogen and oxygen atoms in total. The minimum absolute atomic E-state index is 0.126. The summed E-state index contributed by atoms with van der Waals surface area (Å²) < 4.78 is 12.6. The van der Waals surface area contributed by atoms with Gasteiger partial charge in [0.2, 0.25) is 5.91 Å². The van der Waals surface area contributed by atoms with E-state index in [0.29, 0.717) is 6.42 Å². The van der Waals surface area contributed by atoms with Crippen molar-refractivity contribution >= 4 is 5.91 Å². The Bertz CT molecular complexity index is 335. The van der Waals surface area contributed by atoms with Crippen molar-refractivity contribution in [1.82, 2.24) is 4.90 Å². The summed E-state index contributed by atoms with van der Waals surface area (Å²) in [6.45, 7) is 0. The van der Waals surface area contributed by atoms with Gasteiger partial charge in [-0.1, -0.05) is 12.1 Å². The van der Waals surface area contributed by atoms with E-state index in [-0.39, 0.29) is 11.7 Å². The maximum atomic E-state index is 12.6. The second kappa shape index (κ2) is 4.89. The summed E-state index contributed by atoms with van der Waals surface area (Å²) in [5.41, 5.74) is 6.56. The molecule has 82 valence electrons. The number of amides is 1. The van der Waals surface area contributed by atoms with E-state index >= 15 is 0 Å². The van der Waals surface area contributed by atoms with Crippen molar-refractivity contribution in [1.29, 1.82) is 0 Å². The van der Waals surface area contributed by atoms with E-state index < -0.39 is 6.04 Å². The molecule has 0 spiro atoms. The Kier molecular flexibility index (Phi) is 3.80. The molecular formula is C11H15FN2O. The Hall–Kier alpha value is -1.42. The second-order valence-electron chi connectivity index (χ2n) is 3.67. The van der Waals surface area contributed by atoms with Crippen molar-refractivity contribution in [2.45, 2.75) is 12.5 Å². The third-order valence-electron chi connectivity index (χ3n) is 2.13. The van der Waals surface area contributed by atoms with E-state index in [9.17, 15) is 9.18 Å². The zero-order valence-corrected chi connectivity index (χ0v) is 8.90. The maximum absolute atomic E-state index is 12.6. The topological polar surface area (TPSA) is 46.3 Å². The first kappa shape index (κ1) is 11.7. The van der Waals surface area contributed by atoms with Crippen molar-refractivity contribution in [2.75, 3.05) is 14.1 Å². The molecule has 1 atom stereocenters. The van der Waals surface area contributed by atoms with Crippen LogP contribution in [0.1, 0.15) is 5.56 Å². The number of benzene rings is 1. The third-order valence-corrected chi connectivity index (χ3v) is 2.13. The van der Waals surface area contributed by atoms with Gasteiger partial charge in [-0.25, -0.2) is 4.39 Å². The van der Waals surface area contributed by atoms with Gasteiger partial charge in [-0.05, 0) is 24.1 Å². The molecule has 0 aliphatic rings. The number of carbonyl (C=O) groups excluding carboxylic acids is 1. The van der Waals surface area contributed by atoms with E-state index in [1.807, 2.05) is 0 Å². The molecule has 1 aromatic rings. The highest BCUT2D eigenvalue weighted by atomic mass is 19.1. The van der Waals surface area contributed by atoms with E-state index in [4.69, 9.17) is 5.73 Å². The fourth-order valence-corrected chi connectivity index (χ4v) is 1.29. The molecular weight excluding hydrogens is 195 g/mol. The first-order valence-corrected chi connectivity index (χ1v) is 4.72. The summed E-state index contributed by atoms with van der Waals surface area (Å²) in [5, 5.41) is 0. The molecule has 0 aliphatic carbocycles. The number of halogens is 1. The predicted molar refractivity (Wildman–Crippen MR) is 56.8 cm³/mol. The summed E-state index contributed by atoms with van der Waals surface area (Å²) in [5.74, 6) is -0.411. The number of rotatable bonds is 3. The van der Waals surface area contributed by atoms with Gasteiger partial charge in [-0.3, -0.25) is 4.79 Å². The van der Waals surface area contributed by atoms with E-state index in [0.717, 1.165) is 5.56 Å². The molecule has 0 saturated carbocycles. The van der Waals surface area contributed by atoms with Crippen molar-refractivity contribution in [3.05, 3.63) is 35.6 Å². The molecule has 15 heavy (non-hydrogen) atoms. The quantitative estimate of drug-likeness (QED) is 0.801. The number of nitrogens with two attached hydrogens (primary N) is 1. The Labute approximate surface area is 88.7 Å². The van der Waals surface area contributed by atoms with Gasteiger partial charge in [-0.2, -0.15) is 0 Å². The van der Waals surface area contributed by atoms with Gasteiger partial charge >= 0.3 is 0 Å². The maximum Gasteiger partial charge on any atom is 0.239 e. The molecule has 0 aromatic heterocycles. The van der Waals surface area contributed by atoms with Crippen LogP contribution in [-0.2, 0) is 11.2 Å². The average molecular weight is 210 g/mol. The van der Waals surface area contributed by atoms with Crippen LogP contribution in [0.4, 0.5) is 4.39 Å². The molecule has 0 aliphatic heterocycles. The van der Waals surface area contributed by atoms with E-state index in [1.165, 1.54) is 17.0 Å². The van der Waals surface area contributed by atoms with Crippen molar-refractivity contribution in [3.63, 3.8) is 0 Å². The summed E-state index contributed by atoms with van der Waals surface area (Å²) in [6, 6.07) is 5.44. The van der Waals surface area contributed by atoms with E-state index in [1.54, 1.807) is 26.2 Å². The molecule has 0 unspecified atom stereocenters. The highest BCUT2D eigenvalue weighted by molar-refractivity contribution is 5.81. The van der Waals surface area contributed by atoms with E-state index in [2.05, 4.69) is 0 Å². The Balaban J connectivity index is 2.62. The molecule has 1 aromatic carbocycles. The summed E-state index contributed by atoms with van der Waals surface area (Å²) in [4.78, 5) is 12.9. The average Bonchev–Trinajstić information content (AvgIpc) is 2.20. The lowest BCUT2D eigenvalue weighted by Gasteiger charge is -2.16. The highest BCUT2D eigenvalue weighted by Crippen LogP contribution is 2.05. The molecule has 0 radical (unpaired) electrons. The number of likely N-dealkylation sites (N-methyl/N-ethyl adjacent to an activating group) is 1. The lowest BCUT2D eigenvalue weighted by Crippen LogP contribution is -2.41. The van der Waals surface area contributed by atoms with Crippen molar-refractivity contribution < 1.29 is 9.18 Å². The predicted octanol–water partition coefficient (Wildman–Crippen LogP) is 0.784. The SMILES string of the molecule is CN(C)C(=O)[C@H](N)Cc1ccc(F)cc1. The van der Waals surface area contributed by atoms with Gasteiger partial charge in [-0.15, -0.1) is 0 Å². The van der Waals surface area contributed by atoms with Gasteiger partial charge in [0.15, 0.2) is 0 Å². The Morgan fingerprint density at radius 1 is 1.40 bits per heavy atom. The van der Waals surface area contributed by atoms with Crippen LogP contribution >= 0.6 is 0 Å². The normalized spacial score (nSPS) is 12.3.